The smallest absolute Gasteiger partial charge is 0.417 e. The minimum atomic E-state index is -4.55. The van der Waals surface area contributed by atoms with Gasteiger partial charge in [-0.15, -0.1) is 0 Å². The van der Waals surface area contributed by atoms with Crippen molar-refractivity contribution in [3.8, 4) is 22.8 Å². The first kappa shape index (κ1) is 23.2. The van der Waals surface area contributed by atoms with Crippen LogP contribution in [0.4, 0.5) is 13.2 Å². The predicted octanol–water partition coefficient (Wildman–Crippen LogP) is 5.11. The summed E-state index contributed by atoms with van der Waals surface area (Å²) >= 11 is 6.23. The summed E-state index contributed by atoms with van der Waals surface area (Å²) in [5.41, 5.74) is 0.465. The molecule has 1 aliphatic carbocycles. The fourth-order valence-corrected chi connectivity index (χ4v) is 4.54. The van der Waals surface area contributed by atoms with Crippen LogP contribution in [0.15, 0.2) is 24.4 Å². The summed E-state index contributed by atoms with van der Waals surface area (Å²) < 4.78 is 57.0. The van der Waals surface area contributed by atoms with Gasteiger partial charge in [0.25, 0.3) is 0 Å². The Morgan fingerprint density at radius 3 is 2.71 bits per heavy atom. The Morgan fingerprint density at radius 1 is 1.21 bits per heavy atom. The van der Waals surface area contributed by atoms with Crippen LogP contribution in [0.5, 0.6) is 11.5 Å². The molecule has 3 aliphatic rings. The fourth-order valence-electron chi connectivity index (χ4n) is 4.27. The first-order valence-electron chi connectivity index (χ1n) is 11.4. The molecule has 34 heavy (non-hydrogen) atoms. The first-order chi connectivity index (χ1) is 16.3. The molecule has 2 aliphatic heterocycles. The Kier molecular flexibility index (Phi) is 6.33. The Morgan fingerprint density at radius 2 is 2.03 bits per heavy atom. The number of hydrogen-bond acceptors (Lipinski definition) is 5. The standard InChI is InChI=1S/C24H24ClF3N2O4/c25-19-10-17(24(26,27)28)11-29-21(19)15-8-16-12-30(23(31)14-3-4-14)5-7-33-22(16)20(9-15)34-13-18-2-1-6-32-18/h8-11,14,18H,1-7,12-13H2/t18-/m1/s1. The van der Waals surface area contributed by atoms with Gasteiger partial charge in [-0.25, -0.2) is 0 Å². The van der Waals surface area contributed by atoms with Crippen LogP contribution in [-0.4, -0.2) is 48.3 Å². The van der Waals surface area contributed by atoms with E-state index in [-0.39, 0.29) is 28.6 Å². The highest BCUT2D eigenvalue weighted by Gasteiger charge is 2.35. The number of halogens is 4. The summed E-state index contributed by atoms with van der Waals surface area (Å²) in [6, 6.07) is 4.30. The number of rotatable bonds is 5. The van der Waals surface area contributed by atoms with E-state index >= 15 is 0 Å². The van der Waals surface area contributed by atoms with E-state index in [1.54, 1.807) is 17.0 Å². The Bertz CT molecular complexity index is 1080. The van der Waals surface area contributed by atoms with Gasteiger partial charge in [-0.05, 0) is 43.9 Å². The molecule has 0 bridgehead atoms. The van der Waals surface area contributed by atoms with E-state index in [1.807, 2.05) is 0 Å². The van der Waals surface area contributed by atoms with E-state index in [0.717, 1.165) is 37.9 Å². The van der Waals surface area contributed by atoms with Gasteiger partial charge in [-0.3, -0.25) is 9.78 Å². The molecule has 1 aromatic heterocycles. The fraction of sp³-hybridized carbons (Fsp3) is 0.500. The molecule has 5 rings (SSSR count). The summed E-state index contributed by atoms with van der Waals surface area (Å²) in [7, 11) is 0. The van der Waals surface area contributed by atoms with Crippen molar-refractivity contribution in [1.82, 2.24) is 9.88 Å². The number of benzene rings is 1. The third-order valence-electron chi connectivity index (χ3n) is 6.23. The molecule has 3 heterocycles. The van der Waals surface area contributed by atoms with Gasteiger partial charge in [-0.1, -0.05) is 11.6 Å². The zero-order valence-corrected chi connectivity index (χ0v) is 19.1. The Hall–Kier alpha value is -2.52. The highest BCUT2D eigenvalue weighted by molar-refractivity contribution is 6.33. The summed E-state index contributed by atoms with van der Waals surface area (Å²) in [6.07, 6.45) is -0.181. The molecule has 1 atom stereocenters. The largest absolute Gasteiger partial charge is 0.487 e. The SMILES string of the molecule is O=C(C1CC1)N1CCOc2c(cc(-c3ncc(C(F)(F)F)cc3Cl)cc2OC[C@H]2CCCO2)C1. The number of aromatic nitrogens is 1. The molecular formula is C24H24ClF3N2O4. The van der Waals surface area contributed by atoms with Gasteiger partial charge in [0, 0.05) is 36.4 Å². The third kappa shape index (κ3) is 4.95. The predicted molar refractivity (Wildman–Crippen MR) is 118 cm³/mol. The lowest BCUT2D eigenvalue weighted by Crippen LogP contribution is -2.33. The number of fused-ring (bicyclic) bond motifs is 1. The number of alkyl halides is 3. The molecule has 182 valence electrons. The zero-order chi connectivity index (χ0) is 23.9. The van der Waals surface area contributed by atoms with E-state index in [0.29, 0.717) is 55.5 Å². The summed E-state index contributed by atoms with van der Waals surface area (Å²) in [5, 5.41) is -0.125. The number of carbonyl (C=O) groups is 1. The Balaban J connectivity index is 1.51. The molecule has 1 saturated heterocycles. The number of nitrogens with zero attached hydrogens (tertiary/aromatic N) is 2. The first-order valence-corrected chi connectivity index (χ1v) is 11.7. The molecule has 0 N–H and O–H groups in total. The van der Waals surface area contributed by atoms with Crippen molar-refractivity contribution >= 4 is 17.5 Å². The minimum absolute atomic E-state index is 0.0363. The maximum absolute atomic E-state index is 13.1. The highest BCUT2D eigenvalue weighted by Crippen LogP contribution is 2.42. The molecule has 0 unspecified atom stereocenters. The maximum Gasteiger partial charge on any atom is 0.417 e. The molecule has 10 heteroatoms. The van der Waals surface area contributed by atoms with Crippen molar-refractivity contribution in [3.05, 3.63) is 40.5 Å². The molecule has 2 aromatic rings. The molecule has 0 radical (unpaired) electrons. The van der Waals surface area contributed by atoms with Crippen LogP contribution in [0.3, 0.4) is 0 Å². The lowest BCUT2D eigenvalue weighted by Gasteiger charge is -2.21. The van der Waals surface area contributed by atoms with Crippen molar-refractivity contribution < 1.29 is 32.2 Å². The molecule has 1 amide bonds. The third-order valence-corrected chi connectivity index (χ3v) is 6.52. The van der Waals surface area contributed by atoms with Gasteiger partial charge < -0.3 is 19.1 Å². The summed E-state index contributed by atoms with van der Waals surface area (Å²) in [6.45, 7) is 2.08. The summed E-state index contributed by atoms with van der Waals surface area (Å²) in [5.74, 6) is 1.11. The molecule has 1 aromatic carbocycles. The van der Waals surface area contributed by atoms with E-state index in [2.05, 4.69) is 4.98 Å². The lowest BCUT2D eigenvalue weighted by atomic mass is 10.0. The molecule has 2 fully saturated rings. The van der Waals surface area contributed by atoms with Crippen LogP contribution < -0.4 is 9.47 Å². The average molecular weight is 497 g/mol. The van der Waals surface area contributed by atoms with Crippen LogP contribution >= 0.6 is 11.6 Å². The summed E-state index contributed by atoms with van der Waals surface area (Å²) in [4.78, 5) is 18.5. The van der Waals surface area contributed by atoms with Crippen molar-refractivity contribution in [2.24, 2.45) is 5.92 Å². The van der Waals surface area contributed by atoms with Gasteiger partial charge in [0.1, 0.15) is 13.2 Å². The zero-order valence-electron chi connectivity index (χ0n) is 18.4. The van der Waals surface area contributed by atoms with Gasteiger partial charge in [-0.2, -0.15) is 13.2 Å². The van der Waals surface area contributed by atoms with E-state index < -0.39 is 11.7 Å². The van der Waals surface area contributed by atoms with Crippen LogP contribution in [-0.2, 0) is 22.3 Å². The van der Waals surface area contributed by atoms with E-state index in [4.69, 9.17) is 25.8 Å². The minimum Gasteiger partial charge on any atom is -0.487 e. The number of amides is 1. The highest BCUT2D eigenvalue weighted by atomic mass is 35.5. The monoisotopic (exact) mass is 496 g/mol. The number of ether oxygens (including phenoxy) is 3. The van der Waals surface area contributed by atoms with Crippen LogP contribution in [0.25, 0.3) is 11.3 Å². The molecular weight excluding hydrogens is 473 g/mol. The normalized spacial score (nSPS) is 20.5. The Labute approximate surface area is 199 Å². The quantitative estimate of drug-likeness (QED) is 0.575. The van der Waals surface area contributed by atoms with Crippen LogP contribution in [0.2, 0.25) is 5.02 Å². The molecule has 1 saturated carbocycles. The lowest BCUT2D eigenvalue weighted by molar-refractivity contribution is -0.137. The van der Waals surface area contributed by atoms with Crippen LogP contribution in [0.1, 0.15) is 36.8 Å². The topological polar surface area (TPSA) is 60.9 Å². The second-order valence-electron chi connectivity index (χ2n) is 8.84. The van der Waals surface area contributed by atoms with E-state index in [9.17, 15) is 18.0 Å². The number of carbonyl (C=O) groups excluding carboxylic acids is 1. The van der Waals surface area contributed by atoms with Gasteiger partial charge in [0.2, 0.25) is 5.91 Å². The van der Waals surface area contributed by atoms with Gasteiger partial charge in [0.15, 0.2) is 11.5 Å². The van der Waals surface area contributed by atoms with Gasteiger partial charge in [0.05, 0.1) is 28.9 Å². The second-order valence-corrected chi connectivity index (χ2v) is 9.25. The second kappa shape index (κ2) is 9.26. The van der Waals surface area contributed by atoms with E-state index in [1.165, 1.54) is 0 Å². The van der Waals surface area contributed by atoms with Crippen LogP contribution in [0, 0.1) is 5.92 Å². The van der Waals surface area contributed by atoms with Crippen molar-refractivity contribution in [2.45, 2.75) is 44.5 Å². The van der Waals surface area contributed by atoms with Crippen molar-refractivity contribution in [2.75, 3.05) is 26.4 Å². The van der Waals surface area contributed by atoms with Crippen molar-refractivity contribution in [1.29, 1.82) is 0 Å². The van der Waals surface area contributed by atoms with Gasteiger partial charge >= 0.3 is 6.18 Å². The van der Waals surface area contributed by atoms with Crippen molar-refractivity contribution in [3.63, 3.8) is 0 Å². The number of hydrogen-bond donors (Lipinski definition) is 0. The number of pyridine rings is 1. The average Bonchev–Trinajstić information content (AvgIpc) is 3.56. The molecule has 6 nitrogen and oxygen atoms in total. The molecule has 0 spiro atoms. The maximum atomic E-state index is 13.1.